The highest BCUT2D eigenvalue weighted by Crippen LogP contribution is 2.35. The fourth-order valence-corrected chi connectivity index (χ4v) is 3.68. The molecule has 0 saturated carbocycles. The van der Waals surface area contributed by atoms with E-state index < -0.39 is 11.7 Å². The molecule has 10 nitrogen and oxygen atoms in total. The number of aromatic nitrogens is 4. The topological polar surface area (TPSA) is 117 Å². The van der Waals surface area contributed by atoms with E-state index in [0.29, 0.717) is 41.0 Å². The summed E-state index contributed by atoms with van der Waals surface area (Å²) < 4.78 is 25.3. The van der Waals surface area contributed by atoms with E-state index in [9.17, 15) is 9.18 Å². The largest absolute Gasteiger partial charge is 0.359 e. The van der Waals surface area contributed by atoms with Gasteiger partial charge < -0.3 is 30.0 Å². The van der Waals surface area contributed by atoms with E-state index in [1.54, 1.807) is 38.4 Å². The molecule has 35 heavy (non-hydrogen) atoms. The Balaban J connectivity index is 1.64. The Hall–Kier alpha value is -3.41. The highest BCUT2D eigenvalue weighted by molar-refractivity contribution is 5.82. The summed E-state index contributed by atoms with van der Waals surface area (Å²) in [6.45, 7) is 3.64. The normalized spacial score (nSPS) is 20.1. The van der Waals surface area contributed by atoms with Crippen molar-refractivity contribution in [3.05, 3.63) is 48.2 Å². The van der Waals surface area contributed by atoms with E-state index in [1.807, 2.05) is 14.1 Å². The van der Waals surface area contributed by atoms with E-state index in [-0.39, 0.29) is 24.9 Å². The summed E-state index contributed by atoms with van der Waals surface area (Å²) in [5.41, 5.74) is 1.72. The summed E-state index contributed by atoms with van der Waals surface area (Å²) in [6, 6.07) is 7.84. The lowest BCUT2D eigenvalue weighted by Gasteiger charge is -2.34. The zero-order chi connectivity index (χ0) is 25.0. The number of carbonyl (C=O) groups excluding carboxylic acids is 1. The van der Waals surface area contributed by atoms with Crippen LogP contribution in [0.5, 0.6) is 0 Å². The lowest BCUT2D eigenvalue weighted by atomic mass is 9.91. The fraction of sp³-hybridized carbons (Fsp3) is 0.417. The Kier molecular flexibility index (Phi) is 7.39. The van der Waals surface area contributed by atoms with Gasteiger partial charge in [0.25, 0.3) is 0 Å². The second-order valence-corrected chi connectivity index (χ2v) is 8.94. The number of imidazole rings is 1. The third kappa shape index (κ3) is 5.64. The van der Waals surface area contributed by atoms with Crippen LogP contribution < -0.4 is 10.6 Å². The van der Waals surface area contributed by atoms with Crippen molar-refractivity contribution in [2.75, 3.05) is 52.8 Å². The van der Waals surface area contributed by atoms with Crippen molar-refractivity contribution in [1.29, 1.82) is 0 Å². The van der Waals surface area contributed by atoms with Crippen LogP contribution in [0.2, 0.25) is 0 Å². The molecule has 0 spiro atoms. The van der Waals surface area contributed by atoms with Gasteiger partial charge in [-0.05, 0) is 51.4 Å². The Labute approximate surface area is 203 Å². The van der Waals surface area contributed by atoms with Gasteiger partial charge in [-0.2, -0.15) is 0 Å². The van der Waals surface area contributed by atoms with Gasteiger partial charge in [0.1, 0.15) is 5.82 Å². The number of ether oxygens (including phenoxy) is 2. The molecule has 0 aliphatic carbocycles. The van der Waals surface area contributed by atoms with Crippen LogP contribution >= 0.6 is 0 Å². The first-order valence-corrected chi connectivity index (χ1v) is 11.3. The van der Waals surface area contributed by atoms with Gasteiger partial charge >= 0.3 is 0 Å². The first kappa shape index (κ1) is 24.7. The minimum absolute atomic E-state index is 0.154. The number of aromatic amines is 1. The Bertz CT molecular complexity index is 1160. The zero-order valence-corrected chi connectivity index (χ0v) is 20.3. The number of nitrogens with one attached hydrogen (secondary N) is 3. The van der Waals surface area contributed by atoms with Crippen LogP contribution in [0, 0.1) is 11.2 Å². The quantitative estimate of drug-likeness (QED) is 0.447. The second-order valence-electron chi connectivity index (χ2n) is 8.94. The van der Waals surface area contributed by atoms with E-state index in [4.69, 9.17) is 14.5 Å². The average molecular weight is 484 g/mol. The molecule has 3 N–H and O–H groups in total. The van der Waals surface area contributed by atoms with Crippen molar-refractivity contribution in [3.63, 3.8) is 0 Å². The summed E-state index contributed by atoms with van der Waals surface area (Å²) in [6.07, 6.45) is 0.873. The maximum absolute atomic E-state index is 13.6. The summed E-state index contributed by atoms with van der Waals surface area (Å²) in [5, 5.41) is 5.85. The van der Waals surface area contributed by atoms with Crippen LogP contribution in [-0.4, -0.2) is 78.2 Å². The molecule has 186 valence electrons. The maximum Gasteiger partial charge on any atom is 0.230 e. The third-order valence-electron chi connectivity index (χ3n) is 5.70. The van der Waals surface area contributed by atoms with E-state index >= 15 is 0 Å². The smallest absolute Gasteiger partial charge is 0.230 e. The van der Waals surface area contributed by atoms with E-state index in [2.05, 4.69) is 30.5 Å². The number of halogens is 1. The zero-order valence-electron chi connectivity index (χ0n) is 20.3. The molecule has 11 heteroatoms. The molecule has 0 atom stereocenters. The van der Waals surface area contributed by atoms with Crippen LogP contribution in [0.25, 0.3) is 22.6 Å². The van der Waals surface area contributed by atoms with Crippen molar-refractivity contribution >= 4 is 11.9 Å². The van der Waals surface area contributed by atoms with Crippen molar-refractivity contribution in [2.24, 2.45) is 5.41 Å². The highest BCUT2D eigenvalue weighted by atomic mass is 19.1. The lowest BCUT2D eigenvalue weighted by Crippen LogP contribution is -2.47. The Morgan fingerprint density at radius 1 is 1.20 bits per heavy atom. The van der Waals surface area contributed by atoms with Gasteiger partial charge in [-0.15, -0.1) is 0 Å². The van der Waals surface area contributed by atoms with Gasteiger partial charge in [-0.25, -0.2) is 19.3 Å². The number of H-pyrrole nitrogens is 1. The fourth-order valence-electron chi connectivity index (χ4n) is 3.68. The summed E-state index contributed by atoms with van der Waals surface area (Å²) in [4.78, 5) is 31.2. The third-order valence-corrected chi connectivity index (χ3v) is 5.70. The number of amides is 1. The summed E-state index contributed by atoms with van der Waals surface area (Å²) in [7, 11) is 5.57. The molecule has 3 heterocycles. The maximum atomic E-state index is 13.6. The second kappa shape index (κ2) is 10.5. The number of hydrogen-bond acceptors (Lipinski definition) is 8. The Morgan fingerprint density at radius 2 is 1.91 bits per heavy atom. The number of likely N-dealkylation sites (N-methyl/N-ethyl adjacent to an activating group) is 1. The molecule has 0 bridgehead atoms. The van der Waals surface area contributed by atoms with E-state index in [1.165, 1.54) is 12.1 Å². The molecule has 1 aromatic carbocycles. The van der Waals surface area contributed by atoms with Gasteiger partial charge in [0.2, 0.25) is 18.1 Å². The molecule has 0 radical (unpaired) electrons. The number of benzene rings is 1. The van der Waals surface area contributed by atoms with Gasteiger partial charge in [-0.1, -0.05) is 0 Å². The molecular formula is C24H30FN7O3. The lowest BCUT2D eigenvalue weighted by molar-refractivity contribution is -0.230. The number of nitrogens with zero attached hydrogens (tertiary/aromatic N) is 4. The molecule has 1 aliphatic rings. The molecule has 1 saturated heterocycles. The van der Waals surface area contributed by atoms with Gasteiger partial charge in [0, 0.05) is 31.9 Å². The Morgan fingerprint density at radius 3 is 2.57 bits per heavy atom. The van der Waals surface area contributed by atoms with Crippen molar-refractivity contribution in [3.8, 4) is 22.6 Å². The molecule has 1 amide bonds. The van der Waals surface area contributed by atoms with Crippen molar-refractivity contribution < 1.29 is 18.7 Å². The molecule has 1 fully saturated rings. The van der Waals surface area contributed by atoms with E-state index in [0.717, 1.165) is 6.54 Å². The van der Waals surface area contributed by atoms with Gasteiger partial charge in [0.15, 0.2) is 5.82 Å². The van der Waals surface area contributed by atoms with Crippen LogP contribution in [0.15, 0.2) is 36.5 Å². The molecule has 2 aromatic heterocycles. The van der Waals surface area contributed by atoms with Crippen LogP contribution in [0.1, 0.15) is 19.0 Å². The highest BCUT2D eigenvalue weighted by Gasteiger charge is 2.40. The molecule has 4 rings (SSSR count). The predicted molar refractivity (Wildman–Crippen MR) is 129 cm³/mol. The van der Waals surface area contributed by atoms with Gasteiger partial charge in [0.05, 0.1) is 35.7 Å². The predicted octanol–water partition coefficient (Wildman–Crippen LogP) is 2.44. The molecular weight excluding hydrogens is 453 g/mol. The first-order valence-electron chi connectivity index (χ1n) is 11.3. The summed E-state index contributed by atoms with van der Waals surface area (Å²) >= 11 is 0. The number of hydrogen-bond donors (Lipinski definition) is 3. The monoisotopic (exact) mass is 483 g/mol. The minimum atomic E-state index is -0.791. The van der Waals surface area contributed by atoms with Crippen molar-refractivity contribution in [2.45, 2.75) is 13.2 Å². The number of rotatable bonds is 8. The average Bonchev–Trinajstić information content (AvgIpc) is 3.30. The molecule has 1 aliphatic heterocycles. The molecule has 0 unspecified atom stereocenters. The molecule has 3 aromatic rings. The summed E-state index contributed by atoms with van der Waals surface area (Å²) in [5.74, 6) is 0.419. The number of carbonyl (C=O) groups is 1. The van der Waals surface area contributed by atoms with Crippen molar-refractivity contribution in [1.82, 2.24) is 30.2 Å². The van der Waals surface area contributed by atoms with Gasteiger partial charge in [-0.3, -0.25) is 4.79 Å². The number of anilines is 1. The van der Waals surface area contributed by atoms with Crippen LogP contribution in [-0.2, 0) is 14.3 Å². The minimum Gasteiger partial charge on any atom is -0.359 e. The SMILES string of the molecule is CNC(=O)C1(C)COC(c2nc(-c3ccc(F)cc3)c(-c3ccnc(NCCN(C)C)n3)[nH]2)OC1. The van der Waals surface area contributed by atoms with Crippen LogP contribution in [0.3, 0.4) is 0 Å². The standard InChI is InChI=1S/C24H30FN7O3/c1-24(22(33)26-2)13-34-21(35-14-24)20-30-18(15-5-7-16(25)8-6-15)19(31-20)17-9-10-27-23(29-17)28-11-12-32(3)4/h5-10,21H,11-14H2,1-4H3,(H,26,33)(H,30,31)(H,27,28,29). The van der Waals surface area contributed by atoms with Crippen LogP contribution in [0.4, 0.5) is 10.3 Å². The first-order chi connectivity index (χ1) is 16.8.